The van der Waals surface area contributed by atoms with Gasteiger partial charge in [-0.15, -0.1) is 0 Å². The summed E-state index contributed by atoms with van der Waals surface area (Å²) in [6, 6.07) is 18.0. The van der Waals surface area contributed by atoms with Crippen molar-refractivity contribution in [2.75, 3.05) is 5.32 Å². The molecule has 3 aromatic carbocycles. The second kappa shape index (κ2) is 8.63. The van der Waals surface area contributed by atoms with Crippen LogP contribution in [0.25, 0.3) is 0 Å². The minimum Gasteiger partial charge on any atom is -0.378 e. The summed E-state index contributed by atoms with van der Waals surface area (Å²) < 4.78 is 13.1. The zero-order chi connectivity index (χ0) is 20.1. The van der Waals surface area contributed by atoms with Crippen molar-refractivity contribution >= 4 is 28.8 Å². The second-order valence-electron chi connectivity index (χ2n) is 6.19. The van der Waals surface area contributed by atoms with Gasteiger partial charge in [0.1, 0.15) is 5.82 Å². The number of halogens is 2. The summed E-state index contributed by atoms with van der Waals surface area (Å²) in [5.74, 6) is -0.566. The molecule has 0 saturated carbocycles. The van der Waals surface area contributed by atoms with Crippen molar-refractivity contribution in [3.8, 4) is 0 Å². The Kier molecular flexibility index (Phi) is 6.01. The molecule has 0 fully saturated rings. The van der Waals surface area contributed by atoms with E-state index in [0.29, 0.717) is 16.3 Å². The van der Waals surface area contributed by atoms with Crippen molar-refractivity contribution in [3.63, 3.8) is 0 Å². The van der Waals surface area contributed by atoms with Crippen LogP contribution in [-0.4, -0.2) is 10.7 Å². The van der Waals surface area contributed by atoms with Crippen molar-refractivity contribution in [2.24, 2.45) is 0 Å². The fraction of sp³-hybridized carbons (Fsp3) is 0.0952. The Morgan fingerprint density at radius 1 is 1.00 bits per heavy atom. The van der Waals surface area contributed by atoms with Crippen LogP contribution in [0, 0.1) is 15.9 Å². The number of nitrogens with one attached hydrogen (secondary N) is 1. The number of nitro groups is 1. The van der Waals surface area contributed by atoms with E-state index >= 15 is 0 Å². The molecule has 0 heterocycles. The van der Waals surface area contributed by atoms with Crippen LogP contribution in [0.1, 0.15) is 28.4 Å². The monoisotopic (exact) mass is 398 g/mol. The van der Waals surface area contributed by atoms with Crippen LogP contribution >= 0.6 is 11.6 Å². The zero-order valence-electron chi connectivity index (χ0n) is 14.6. The fourth-order valence-corrected chi connectivity index (χ4v) is 2.89. The molecule has 0 radical (unpaired) electrons. The summed E-state index contributed by atoms with van der Waals surface area (Å²) in [7, 11) is 0. The van der Waals surface area contributed by atoms with Gasteiger partial charge in [0.05, 0.1) is 11.0 Å². The third kappa shape index (κ3) is 4.92. The van der Waals surface area contributed by atoms with Crippen LogP contribution < -0.4 is 5.32 Å². The normalized spacial score (nSPS) is 11.6. The highest BCUT2D eigenvalue weighted by Gasteiger charge is 2.18. The van der Waals surface area contributed by atoms with E-state index < -0.39 is 16.8 Å². The first kappa shape index (κ1) is 19.5. The molecule has 0 saturated heterocycles. The van der Waals surface area contributed by atoms with Gasteiger partial charge in [0.15, 0.2) is 5.78 Å². The van der Waals surface area contributed by atoms with E-state index in [4.69, 9.17) is 11.6 Å². The molecule has 142 valence electrons. The molecule has 0 aliphatic carbocycles. The highest BCUT2D eigenvalue weighted by atomic mass is 35.5. The van der Waals surface area contributed by atoms with E-state index in [9.17, 15) is 19.3 Å². The lowest BCUT2D eigenvalue weighted by Gasteiger charge is -2.20. The average molecular weight is 399 g/mol. The third-order valence-corrected chi connectivity index (χ3v) is 4.50. The number of hydrogen-bond acceptors (Lipinski definition) is 4. The van der Waals surface area contributed by atoms with E-state index in [1.54, 1.807) is 24.3 Å². The Balaban J connectivity index is 1.84. The number of nitro benzene ring substituents is 1. The first-order chi connectivity index (χ1) is 13.4. The van der Waals surface area contributed by atoms with Gasteiger partial charge in [-0.2, -0.15) is 0 Å². The molecule has 5 nitrogen and oxygen atoms in total. The highest BCUT2D eigenvalue weighted by Crippen LogP contribution is 2.27. The molecule has 0 bridgehead atoms. The molecule has 3 aromatic rings. The van der Waals surface area contributed by atoms with Crippen molar-refractivity contribution < 1.29 is 14.1 Å². The van der Waals surface area contributed by atoms with Gasteiger partial charge >= 0.3 is 0 Å². The lowest BCUT2D eigenvalue weighted by atomic mass is 9.97. The summed E-state index contributed by atoms with van der Waals surface area (Å²) in [5.41, 5.74) is 1.86. The van der Waals surface area contributed by atoms with Crippen molar-refractivity contribution in [1.29, 1.82) is 0 Å². The van der Waals surface area contributed by atoms with Gasteiger partial charge in [-0.05, 0) is 54.1 Å². The number of ketones is 1. The molecule has 1 atom stereocenters. The molecule has 0 aliphatic rings. The van der Waals surface area contributed by atoms with Crippen LogP contribution in [-0.2, 0) is 0 Å². The first-order valence-corrected chi connectivity index (χ1v) is 8.85. The number of rotatable bonds is 7. The SMILES string of the molecule is O=C(CC(Nc1ccc([N+](=O)[O-])cc1)c1ccc(Cl)cc1)c1ccc(F)cc1. The quantitative estimate of drug-likeness (QED) is 0.309. The number of hydrogen-bond donors (Lipinski definition) is 1. The van der Waals surface area contributed by atoms with E-state index in [-0.39, 0.29) is 17.9 Å². The van der Waals surface area contributed by atoms with Gasteiger partial charge in [-0.3, -0.25) is 14.9 Å². The molecule has 0 spiro atoms. The predicted molar refractivity (Wildman–Crippen MR) is 106 cm³/mol. The average Bonchev–Trinajstić information content (AvgIpc) is 2.69. The molecular formula is C21H16ClFN2O3. The number of carbonyl (C=O) groups excluding carboxylic acids is 1. The first-order valence-electron chi connectivity index (χ1n) is 8.47. The molecule has 7 heteroatoms. The van der Waals surface area contributed by atoms with Crippen molar-refractivity contribution in [1.82, 2.24) is 0 Å². The maximum Gasteiger partial charge on any atom is 0.269 e. The number of Topliss-reactive ketones (excluding diaryl/α,β-unsaturated/α-hetero) is 1. The van der Waals surface area contributed by atoms with Crippen molar-refractivity contribution in [3.05, 3.63) is 105 Å². The van der Waals surface area contributed by atoms with Gasteiger partial charge in [0.25, 0.3) is 5.69 Å². The summed E-state index contributed by atoms with van der Waals surface area (Å²) in [5, 5.41) is 14.6. The van der Waals surface area contributed by atoms with Crippen molar-refractivity contribution in [2.45, 2.75) is 12.5 Å². The molecule has 0 aromatic heterocycles. The standard InChI is InChI=1S/C21H16ClFN2O3/c22-16-5-1-14(2-6-16)20(13-21(26)15-3-7-17(23)8-4-15)24-18-9-11-19(12-10-18)25(27)28/h1-12,20,24H,13H2. The Labute approximate surface area is 165 Å². The topological polar surface area (TPSA) is 72.2 Å². The maximum absolute atomic E-state index is 13.1. The van der Waals surface area contributed by atoms with Gasteiger partial charge in [-0.1, -0.05) is 23.7 Å². The number of nitrogens with zero attached hydrogens (tertiary/aromatic N) is 1. The lowest BCUT2D eigenvalue weighted by molar-refractivity contribution is -0.384. The van der Waals surface area contributed by atoms with E-state index in [0.717, 1.165) is 5.56 Å². The van der Waals surface area contributed by atoms with Gasteiger partial charge < -0.3 is 5.32 Å². The maximum atomic E-state index is 13.1. The summed E-state index contributed by atoms with van der Waals surface area (Å²) in [6.07, 6.45) is 0.115. The Bertz CT molecular complexity index is 974. The van der Waals surface area contributed by atoms with Crippen LogP contribution in [0.15, 0.2) is 72.8 Å². The molecule has 1 N–H and O–H groups in total. The molecular weight excluding hydrogens is 383 g/mol. The number of benzene rings is 3. The third-order valence-electron chi connectivity index (χ3n) is 4.25. The van der Waals surface area contributed by atoms with Crippen LogP contribution in [0.4, 0.5) is 15.8 Å². The Morgan fingerprint density at radius 3 is 2.18 bits per heavy atom. The van der Waals surface area contributed by atoms with Crippen LogP contribution in [0.2, 0.25) is 5.02 Å². The smallest absolute Gasteiger partial charge is 0.269 e. The summed E-state index contributed by atoms with van der Waals surface area (Å²) >= 11 is 5.95. The second-order valence-corrected chi connectivity index (χ2v) is 6.62. The highest BCUT2D eigenvalue weighted by molar-refractivity contribution is 6.30. The number of non-ortho nitro benzene ring substituents is 1. The van der Waals surface area contributed by atoms with E-state index in [2.05, 4.69) is 5.32 Å². The zero-order valence-corrected chi connectivity index (χ0v) is 15.4. The predicted octanol–water partition coefficient (Wildman–Crippen LogP) is 5.81. The lowest BCUT2D eigenvalue weighted by Crippen LogP contribution is -2.16. The van der Waals surface area contributed by atoms with Gasteiger partial charge in [0.2, 0.25) is 0 Å². The van der Waals surface area contributed by atoms with E-state index in [1.807, 2.05) is 12.1 Å². The minimum atomic E-state index is -0.474. The molecule has 28 heavy (non-hydrogen) atoms. The molecule has 3 rings (SSSR count). The summed E-state index contributed by atoms with van der Waals surface area (Å²) in [4.78, 5) is 23.0. The molecule has 0 amide bonds. The van der Waals surface area contributed by atoms with Gasteiger partial charge in [-0.25, -0.2) is 4.39 Å². The number of anilines is 1. The van der Waals surface area contributed by atoms with E-state index in [1.165, 1.54) is 36.4 Å². The van der Waals surface area contributed by atoms with Gasteiger partial charge in [0, 0.05) is 34.8 Å². The number of carbonyl (C=O) groups is 1. The molecule has 0 aliphatic heterocycles. The Morgan fingerprint density at radius 2 is 1.61 bits per heavy atom. The minimum absolute atomic E-state index is 0.0176. The van der Waals surface area contributed by atoms with Crippen LogP contribution in [0.3, 0.4) is 0 Å². The largest absolute Gasteiger partial charge is 0.378 e. The Hall–Kier alpha value is -3.25. The summed E-state index contributed by atoms with van der Waals surface area (Å²) in [6.45, 7) is 0. The molecule has 1 unspecified atom stereocenters. The fourth-order valence-electron chi connectivity index (χ4n) is 2.77. The van der Waals surface area contributed by atoms with Crippen LogP contribution in [0.5, 0.6) is 0 Å².